The van der Waals surface area contributed by atoms with E-state index in [1.165, 1.54) is 6.33 Å². The molecule has 0 bridgehead atoms. The molecule has 2 rings (SSSR count). The van der Waals surface area contributed by atoms with E-state index in [9.17, 15) is 0 Å². The third-order valence-electron chi connectivity index (χ3n) is 2.16. The molecule has 0 fully saturated rings. The molecule has 0 spiro atoms. The normalized spacial score (nSPS) is 10.2. The number of hydrogen-bond acceptors (Lipinski definition) is 6. The van der Waals surface area contributed by atoms with Crippen molar-refractivity contribution in [1.29, 1.82) is 0 Å². The van der Waals surface area contributed by atoms with E-state index in [4.69, 9.17) is 4.74 Å². The van der Waals surface area contributed by atoms with Crippen LogP contribution in [0.15, 0.2) is 17.8 Å². The van der Waals surface area contributed by atoms with Crippen LogP contribution in [0, 0.1) is 6.92 Å². The van der Waals surface area contributed by atoms with E-state index in [0.29, 0.717) is 5.88 Å². The van der Waals surface area contributed by atoms with E-state index < -0.39 is 0 Å². The van der Waals surface area contributed by atoms with Crippen molar-refractivity contribution in [2.75, 3.05) is 19.0 Å². The highest BCUT2D eigenvalue weighted by molar-refractivity contribution is 7.09. The summed E-state index contributed by atoms with van der Waals surface area (Å²) in [6.45, 7) is 2.80. The third kappa shape index (κ3) is 3.39. The van der Waals surface area contributed by atoms with E-state index in [-0.39, 0.29) is 0 Å². The maximum atomic E-state index is 5.02. The molecule has 1 N–H and O–H groups in total. The first-order valence-electron chi connectivity index (χ1n) is 5.29. The first-order chi connectivity index (χ1) is 8.28. The second kappa shape index (κ2) is 5.58. The average molecular weight is 250 g/mol. The van der Waals surface area contributed by atoms with Crippen LogP contribution in [0.2, 0.25) is 0 Å². The Bertz CT molecular complexity index is 486. The number of nitrogens with one attached hydrogen (secondary N) is 1. The van der Waals surface area contributed by atoms with E-state index in [1.54, 1.807) is 24.5 Å². The highest BCUT2D eigenvalue weighted by atomic mass is 32.1. The Balaban J connectivity index is 1.85. The molecule has 0 aliphatic rings. The summed E-state index contributed by atoms with van der Waals surface area (Å²) in [6, 6.07) is 1.77. The maximum Gasteiger partial charge on any atom is 0.218 e. The summed E-state index contributed by atoms with van der Waals surface area (Å²) < 4.78 is 5.02. The number of hydrogen-bond donors (Lipinski definition) is 1. The fourth-order valence-electron chi connectivity index (χ4n) is 1.36. The summed E-state index contributed by atoms with van der Waals surface area (Å²) in [5, 5.41) is 6.41. The standard InChI is InChI=1S/C11H14N4OS/c1-8-6-17-11(15-8)3-4-12-9-5-10(16-2)14-7-13-9/h5-7H,3-4H2,1-2H3,(H,12,13,14). The van der Waals surface area contributed by atoms with Gasteiger partial charge >= 0.3 is 0 Å². The molecule has 2 aromatic rings. The number of methoxy groups -OCH3 is 1. The van der Waals surface area contributed by atoms with Crippen molar-refractivity contribution in [3.63, 3.8) is 0 Å². The SMILES string of the molecule is COc1cc(NCCc2nc(C)cs2)ncn1. The first kappa shape index (κ1) is 11.8. The quantitative estimate of drug-likeness (QED) is 0.878. The van der Waals surface area contributed by atoms with Gasteiger partial charge in [0.2, 0.25) is 5.88 Å². The van der Waals surface area contributed by atoms with Crippen LogP contribution in [0.4, 0.5) is 5.82 Å². The second-order valence-corrected chi connectivity index (χ2v) is 4.45. The molecule has 0 radical (unpaired) electrons. The number of nitrogens with zero attached hydrogens (tertiary/aromatic N) is 3. The van der Waals surface area contributed by atoms with Gasteiger partial charge < -0.3 is 10.1 Å². The molecular formula is C11H14N4OS. The number of aryl methyl sites for hydroxylation is 1. The zero-order valence-corrected chi connectivity index (χ0v) is 10.6. The van der Waals surface area contributed by atoms with Gasteiger partial charge in [0, 0.05) is 30.1 Å². The number of thiazole rings is 1. The van der Waals surface area contributed by atoms with Crippen molar-refractivity contribution < 1.29 is 4.74 Å². The van der Waals surface area contributed by atoms with Crippen molar-refractivity contribution in [3.8, 4) is 5.88 Å². The van der Waals surface area contributed by atoms with Crippen LogP contribution >= 0.6 is 11.3 Å². The zero-order chi connectivity index (χ0) is 12.1. The molecular weight excluding hydrogens is 236 g/mol. The summed E-state index contributed by atoms with van der Waals surface area (Å²) in [5.41, 5.74) is 1.08. The first-order valence-corrected chi connectivity index (χ1v) is 6.17. The zero-order valence-electron chi connectivity index (χ0n) is 9.80. The minimum Gasteiger partial charge on any atom is -0.481 e. The van der Waals surface area contributed by atoms with Crippen molar-refractivity contribution in [2.45, 2.75) is 13.3 Å². The largest absolute Gasteiger partial charge is 0.481 e. The summed E-state index contributed by atoms with van der Waals surface area (Å²) in [5.74, 6) is 1.33. The minimum atomic E-state index is 0.563. The summed E-state index contributed by atoms with van der Waals surface area (Å²) in [6.07, 6.45) is 2.37. The van der Waals surface area contributed by atoms with Gasteiger partial charge in [-0.2, -0.15) is 0 Å². The van der Waals surface area contributed by atoms with Crippen LogP contribution in [0.5, 0.6) is 5.88 Å². The average Bonchev–Trinajstić information content (AvgIpc) is 2.75. The molecule has 0 aromatic carbocycles. The molecule has 90 valence electrons. The van der Waals surface area contributed by atoms with Gasteiger partial charge in [-0.3, -0.25) is 0 Å². The molecule has 6 heteroatoms. The van der Waals surface area contributed by atoms with E-state index in [1.807, 2.05) is 6.92 Å². The molecule has 2 aromatic heterocycles. The lowest BCUT2D eigenvalue weighted by Crippen LogP contribution is -2.06. The predicted molar refractivity (Wildman–Crippen MR) is 67.6 cm³/mol. The van der Waals surface area contributed by atoms with Crippen LogP contribution in [-0.4, -0.2) is 28.6 Å². The van der Waals surface area contributed by atoms with Crippen molar-refractivity contribution in [3.05, 3.63) is 28.5 Å². The fourth-order valence-corrected chi connectivity index (χ4v) is 2.14. The third-order valence-corrected chi connectivity index (χ3v) is 3.19. The number of aromatic nitrogens is 3. The van der Waals surface area contributed by atoms with Crippen molar-refractivity contribution in [1.82, 2.24) is 15.0 Å². The molecule has 0 aliphatic carbocycles. The van der Waals surface area contributed by atoms with Crippen LogP contribution in [0.1, 0.15) is 10.7 Å². The fraction of sp³-hybridized carbons (Fsp3) is 0.364. The molecule has 0 saturated carbocycles. The van der Waals surface area contributed by atoms with E-state index >= 15 is 0 Å². The monoisotopic (exact) mass is 250 g/mol. The number of rotatable bonds is 5. The highest BCUT2D eigenvalue weighted by Crippen LogP contribution is 2.12. The molecule has 5 nitrogen and oxygen atoms in total. The summed E-state index contributed by atoms with van der Waals surface area (Å²) >= 11 is 1.68. The molecule has 2 heterocycles. The lowest BCUT2D eigenvalue weighted by atomic mass is 10.4. The predicted octanol–water partition coefficient (Wildman–Crippen LogP) is 1.90. The molecule has 0 saturated heterocycles. The highest BCUT2D eigenvalue weighted by Gasteiger charge is 2.00. The Hall–Kier alpha value is -1.69. The van der Waals surface area contributed by atoms with Crippen molar-refractivity contribution >= 4 is 17.2 Å². The van der Waals surface area contributed by atoms with Gasteiger partial charge in [-0.05, 0) is 6.92 Å². The molecule has 0 aliphatic heterocycles. The Morgan fingerprint density at radius 3 is 3.00 bits per heavy atom. The Morgan fingerprint density at radius 1 is 1.41 bits per heavy atom. The van der Waals surface area contributed by atoms with Gasteiger partial charge in [0.1, 0.15) is 12.1 Å². The number of anilines is 1. The lowest BCUT2D eigenvalue weighted by molar-refractivity contribution is 0.397. The van der Waals surface area contributed by atoms with Gasteiger partial charge in [-0.1, -0.05) is 0 Å². The van der Waals surface area contributed by atoms with Gasteiger partial charge in [0.05, 0.1) is 12.1 Å². The Kier molecular flexibility index (Phi) is 3.87. The topological polar surface area (TPSA) is 59.9 Å². The van der Waals surface area contributed by atoms with E-state index in [0.717, 1.165) is 29.5 Å². The summed E-state index contributed by atoms with van der Waals surface area (Å²) in [7, 11) is 1.59. The maximum absolute atomic E-state index is 5.02. The van der Waals surface area contributed by atoms with Crippen molar-refractivity contribution in [2.24, 2.45) is 0 Å². The van der Waals surface area contributed by atoms with Gasteiger partial charge in [0.25, 0.3) is 0 Å². The molecule has 0 atom stereocenters. The van der Waals surface area contributed by atoms with Crippen LogP contribution in [0.25, 0.3) is 0 Å². The van der Waals surface area contributed by atoms with Crippen LogP contribution in [0.3, 0.4) is 0 Å². The van der Waals surface area contributed by atoms with Gasteiger partial charge in [0.15, 0.2) is 0 Å². The van der Waals surface area contributed by atoms with Crippen LogP contribution < -0.4 is 10.1 Å². The minimum absolute atomic E-state index is 0.563. The summed E-state index contributed by atoms with van der Waals surface area (Å²) in [4.78, 5) is 12.4. The van der Waals surface area contributed by atoms with Gasteiger partial charge in [-0.15, -0.1) is 11.3 Å². The molecule has 0 unspecified atom stereocenters. The van der Waals surface area contributed by atoms with Crippen LogP contribution in [-0.2, 0) is 6.42 Å². The van der Waals surface area contributed by atoms with E-state index in [2.05, 4.69) is 25.6 Å². The number of ether oxygens (including phenoxy) is 1. The Labute approximate surface area is 104 Å². The molecule has 17 heavy (non-hydrogen) atoms. The lowest BCUT2D eigenvalue weighted by Gasteiger charge is -2.04. The molecule has 0 amide bonds. The Morgan fingerprint density at radius 2 is 2.29 bits per heavy atom. The second-order valence-electron chi connectivity index (χ2n) is 3.51. The van der Waals surface area contributed by atoms with Gasteiger partial charge in [-0.25, -0.2) is 15.0 Å². The smallest absolute Gasteiger partial charge is 0.218 e.